The quantitative estimate of drug-likeness (QED) is 0.759. The fourth-order valence-electron chi connectivity index (χ4n) is 2.18. The minimum absolute atomic E-state index is 0.165. The van der Waals surface area contributed by atoms with Gasteiger partial charge in [-0.1, -0.05) is 0 Å². The van der Waals surface area contributed by atoms with Crippen LogP contribution in [0.3, 0.4) is 0 Å². The molecule has 1 aliphatic rings. The van der Waals surface area contributed by atoms with E-state index in [1.807, 2.05) is 14.1 Å². The molecule has 0 saturated carbocycles. The van der Waals surface area contributed by atoms with Crippen LogP contribution in [0.1, 0.15) is 12.8 Å². The average Bonchev–Trinajstić information content (AvgIpc) is 2.39. The van der Waals surface area contributed by atoms with Crippen LogP contribution in [-0.2, 0) is 4.79 Å². The van der Waals surface area contributed by atoms with Crippen LogP contribution in [0.25, 0.3) is 0 Å². The molecule has 17 heavy (non-hydrogen) atoms. The van der Waals surface area contributed by atoms with Crippen molar-refractivity contribution in [1.82, 2.24) is 14.9 Å². The van der Waals surface area contributed by atoms with E-state index < -0.39 is 0 Å². The Hall–Kier alpha value is -1.65. The van der Waals surface area contributed by atoms with E-state index in [9.17, 15) is 4.79 Å². The predicted molar refractivity (Wildman–Crippen MR) is 65.7 cm³/mol. The number of hydrogen-bond donors (Lipinski definition) is 0. The zero-order valence-electron chi connectivity index (χ0n) is 10.3. The normalized spacial score (nSPS) is 16.9. The molecule has 5 heteroatoms. The third kappa shape index (κ3) is 2.72. The summed E-state index contributed by atoms with van der Waals surface area (Å²) >= 11 is 0. The van der Waals surface area contributed by atoms with Gasteiger partial charge in [0.25, 0.3) is 0 Å². The van der Waals surface area contributed by atoms with Crippen molar-refractivity contribution < 1.29 is 4.79 Å². The largest absolute Gasteiger partial charge is 0.355 e. The number of amides is 1. The number of anilines is 1. The van der Waals surface area contributed by atoms with Gasteiger partial charge in [0.2, 0.25) is 5.91 Å². The molecule has 2 heterocycles. The molecule has 5 nitrogen and oxygen atoms in total. The standard InChI is InChI=1S/C12H18N4O/c1-15(2)12(17)10-3-7-16(8-4-10)11-9-13-5-6-14-11/h5-6,9-10H,3-4,7-8H2,1-2H3. The minimum atomic E-state index is 0.165. The molecule has 1 aliphatic heterocycles. The minimum Gasteiger partial charge on any atom is -0.355 e. The SMILES string of the molecule is CN(C)C(=O)C1CCN(c2cnccn2)CC1. The van der Waals surface area contributed by atoms with Gasteiger partial charge in [-0.05, 0) is 12.8 Å². The fraction of sp³-hybridized carbons (Fsp3) is 0.583. The summed E-state index contributed by atoms with van der Waals surface area (Å²) in [5.74, 6) is 1.31. The summed E-state index contributed by atoms with van der Waals surface area (Å²) < 4.78 is 0. The van der Waals surface area contributed by atoms with Crippen molar-refractivity contribution in [1.29, 1.82) is 0 Å². The Morgan fingerprint density at radius 2 is 2.06 bits per heavy atom. The molecule has 1 fully saturated rings. The molecule has 1 amide bonds. The highest BCUT2D eigenvalue weighted by atomic mass is 16.2. The third-order valence-electron chi connectivity index (χ3n) is 3.16. The second-order valence-electron chi connectivity index (χ2n) is 4.56. The average molecular weight is 234 g/mol. The Kier molecular flexibility index (Phi) is 3.56. The molecule has 92 valence electrons. The molecule has 0 aliphatic carbocycles. The number of aromatic nitrogens is 2. The number of carbonyl (C=O) groups is 1. The maximum Gasteiger partial charge on any atom is 0.225 e. The summed E-state index contributed by atoms with van der Waals surface area (Å²) in [5.41, 5.74) is 0. The van der Waals surface area contributed by atoms with Crippen molar-refractivity contribution in [3.05, 3.63) is 18.6 Å². The molecule has 0 aromatic carbocycles. The molecular weight excluding hydrogens is 216 g/mol. The van der Waals surface area contributed by atoms with Gasteiger partial charge in [-0.2, -0.15) is 0 Å². The van der Waals surface area contributed by atoms with Gasteiger partial charge >= 0.3 is 0 Å². The molecule has 2 rings (SSSR count). The van der Waals surface area contributed by atoms with Gasteiger partial charge in [0.15, 0.2) is 0 Å². The molecule has 1 aromatic heterocycles. The number of piperidine rings is 1. The Bertz CT molecular complexity index is 371. The monoisotopic (exact) mass is 234 g/mol. The molecule has 0 N–H and O–H groups in total. The first-order chi connectivity index (χ1) is 8.18. The van der Waals surface area contributed by atoms with E-state index in [2.05, 4.69) is 14.9 Å². The van der Waals surface area contributed by atoms with Crippen LogP contribution in [0.4, 0.5) is 5.82 Å². The molecular formula is C12H18N4O. The lowest BCUT2D eigenvalue weighted by Crippen LogP contribution is -2.40. The topological polar surface area (TPSA) is 49.3 Å². The summed E-state index contributed by atoms with van der Waals surface area (Å²) in [6, 6.07) is 0. The zero-order chi connectivity index (χ0) is 12.3. The van der Waals surface area contributed by atoms with Crippen molar-refractivity contribution in [2.24, 2.45) is 5.92 Å². The summed E-state index contributed by atoms with van der Waals surface area (Å²) in [6.07, 6.45) is 6.94. The van der Waals surface area contributed by atoms with Gasteiger partial charge in [-0.3, -0.25) is 9.78 Å². The number of hydrogen-bond acceptors (Lipinski definition) is 4. The Balaban J connectivity index is 1.93. The molecule has 0 bridgehead atoms. The van der Waals surface area contributed by atoms with Crippen LogP contribution in [0, 0.1) is 5.92 Å². The number of rotatable bonds is 2. The molecule has 0 atom stereocenters. The summed E-state index contributed by atoms with van der Waals surface area (Å²) in [6.45, 7) is 1.76. The lowest BCUT2D eigenvalue weighted by atomic mass is 9.95. The summed E-state index contributed by atoms with van der Waals surface area (Å²) in [7, 11) is 3.63. The third-order valence-corrected chi connectivity index (χ3v) is 3.16. The Labute approximate surface area is 101 Å². The van der Waals surface area contributed by atoms with Crippen molar-refractivity contribution in [2.75, 3.05) is 32.1 Å². The summed E-state index contributed by atoms with van der Waals surface area (Å²) in [5, 5.41) is 0. The lowest BCUT2D eigenvalue weighted by molar-refractivity contribution is -0.133. The number of nitrogens with zero attached hydrogens (tertiary/aromatic N) is 4. The van der Waals surface area contributed by atoms with E-state index in [1.165, 1.54) is 0 Å². The van der Waals surface area contributed by atoms with Crippen LogP contribution in [0.2, 0.25) is 0 Å². The van der Waals surface area contributed by atoms with Crippen molar-refractivity contribution >= 4 is 11.7 Å². The highest BCUT2D eigenvalue weighted by Crippen LogP contribution is 2.22. The van der Waals surface area contributed by atoms with E-state index in [-0.39, 0.29) is 11.8 Å². The van der Waals surface area contributed by atoms with E-state index in [0.29, 0.717) is 0 Å². The van der Waals surface area contributed by atoms with E-state index >= 15 is 0 Å². The lowest BCUT2D eigenvalue weighted by Gasteiger charge is -2.32. The highest BCUT2D eigenvalue weighted by molar-refractivity contribution is 5.78. The van der Waals surface area contributed by atoms with Gasteiger partial charge in [-0.25, -0.2) is 4.98 Å². The maximum absolute atomic E-state index is 11.8. The maximum atomic E-state index is 11.8. The van der Waals surface area contributed by atoms with Crippen LogP contribution >= 0.6 is 0 Å². The van der Waals surface area contributed by atoms with Crippen molar-refractivity contribution in [2.45, 2.75) is 12.8 Å². The van der Waals surface area contributed by atoms with Crippen molar-refractivity contribution in [3.8, 4) is 0 Å². The smallest absolute Gasteiger partial charge is 0.225 e. The molecule has 1 aromatic rings. The first kappa shape index (κ1) is 11.8. The van der Waals surface area contributed by atoms with Gasteiger partial charge < -0.3 is 9.80 Å². The second-order valence-corrected chi connectivity index (χ2v) is 4.56. The summed E-state index contributed by atoms with van der Waals surface area (Å²) in [4.78, 5) is 24.0. The first-order valence-corrected chi connectivity index (χ1v) is 5.90. The van der Waals surface area contributed by atoms with Gasteiger partial charge in [0.05, 0.1) is 6.20 Å². The first-order valence-electron chi connectivity index (χ1n) is 5.90. The van der Waals surface area contributed by atoms with Gasteiger partial charge in [-0.15, -0.1) is 0 Å². The zero-order valence-corrected chi connectivity index (χ0v) is 10.3. The molecule has 1 saturated heterocycles. The highest BCUT2D eigenvalue weighted by Gasteiger charge is 2.26. The molecule has 0 unspecified atom stereocenters. The van der Waals surface area contributed by atoms with Crippen LogP contribution < -0.4 is 4.90 Å². The van der Waals surface area contributed by atoms with Crippen LogP contribution in [-0.4, -0.2) is 48.0 Å². The fourth-order valence-corrected chi connectivity index (χ4v) is 2.18. The van der Waals surface area contributed by atoms with Gasteiger partial charge in [0.1, 0.15) is 5.82 Å². The van der Waals surface area contributed by atoms with E-state index in [0.717, 1.165) is 31.7 Å². The second kappa shape index (κ2) is 5.12. The Morgan fingerprint density at radius 3 is 2.59 bits per heavy atom. The van der Waals surface area contributed by atoms with E-state index in [4.69, 9.17) is 0 Å². The molecule has 0 radical (unpaired) electrons. The van der Waals surface area contributed by atoms with Gasteiger partial charge in [0, 0.05) is 45.5 Å². The van der Waals surface area contributed by atoms with E-state index in [1.54, 1.807) is 23.5 Å². The predicted octanol–water partition coefficient (Wildman–Crippen LogP) is 0.781. The van der Waals surface area contributed by atoms with Crippen LogP contribution in [0.5, 0.6) is 0 Å². The molecule has 0 spiro atoms. The van der Waals surface area contributed by atoms with Crippen molar-refractivity contribution in [3.63, 3.8) is 0 Å². The Morgan fingerprint density at radius 1 is 1.35 bits per heavy atom. The number of carbonyl (C=O) groups excluding carboxylic acids is 1. The van der Waals surface area contributed by atoms with Crippen LogP contribution in [0.15, 0.2) is 18.6 Å².